The molecule has 0 radical (unpaired) electrons. The van der Waals surface area contributed by atoms with Crippen molar-refractivity contribution >= 4 is 5.91 Å². The topological polar surface area (TPSA) is 68.8 Å². The highest BCUT2D eigenvalue weighted by Gasteiger charge is 2.34. The normalized spacial score (nSPS) is 15.7. The Morgan fingerprint density at radius 3 is 2.58 bits per heavy atom. The monoisotopic (exact) mass is 424 g/mol. The van der Waals surface area contributed by atoms with Crippen molar-refractivity contribution in [3.05, 3.63) is 52.9 Å². The molecule has 4 rings (SSSR count). The van der Waals surface area contributed by atoms with Crippen LogP contribution in [0.25, 0.3) is 11.4 Å². The van der Waals surface area contributed by atoms with Gasteiger partial charge >= 0.3 is 0 Å². The van der Waals surface area contributed by atoms with Crippen LogP contribution in [0.1, 0.15) is 55.4 Å². The summed E-state index contributed by atoms with van der Waals surface area (Å²) in [6.07, 6.45) is 1.63. The smallest absolute Gasteiger partial charge is 0.233 e. The Kier molecular flexibility index (Phi) is 5.89. The van der Waals surface area contributed by atoms with Crippen molar-refractivity contribution in [3.8, 4) is 11.4 Å². The van der Waals surface area contributed by atoms with Crippen molar-refractivity contribution in [2.45, 2.75) is 66.1 Å². The van der Waals surface area contributed by atoms with Crippen molar-refractivity contribution in [2.75, 3.05) is 6.54 Å². The molecule has 0 aliphatic carbocycles. The second kappa shape index (κ2) is 8.61. The van der Waals surface area contributed by atoms with Crippen LogP contribution in [0.2, 0.25) is 0 Å². The third-order valence-electron chi connectivity index (χ3n) is 6.24. The minimum absolute atomic E-state index is 0.0737. The summed E-state index contributed by atoms with van der Waals surface area (Å²) >= 11 is 0. The standard InChI is InChI=1S/C23H29FN6O/c1-5-28(14-20-15(3)27-30(6-2)16(20)4)23(31)19-8-7-13-29-21(25-26-22(19)29)17-9-11-18(24)12-10-17/h9-12,19H,5-8,13-14H2,1-4H3. The highest BCUT2D eigenvalue weighted by Crippen LogP contribution is 2.32. The van der Waals surface area contributed by atoms with Gasteiger partial charge in [0.15, 0.2) is 5.82 Å². The largest absolute Gasteiger partial charge is 0.338 e. The lowest BCUT2D eigenvalue weighted by Gasteiger charge is -2.29. The molecule has 164 valence electrons. The van der Waals surface area contributed by atoms with Crippen molar-refractivity contribution in [1.82, 2.24) is 29.4 Å². The van der Waals surface area contributed by atoms with Crippen LogP contribution in [0, 0.1) is 19.7 Å². The fraction of sp³-hybridized carbons (Fsp3) is 0.478. The van der Waals surface area contributed by atoms with Crippen LogP contribution in [-0.2, 0) is 24.4 Å². The molecular formula is C23H29FN6O. The molecule has 0 saturated carbocycles. The summed E-state index contributed by atoms with van der Waals surface area (Å²) < 4.78 is 17.3. The van der Waals surface area contributed by atoms with E-state index in [1.807, 2.05) is 28.0 Å². The molecule has 1 aromatic carbocycles. The number of hydrogen-bond donors (Lipinski definition) is 0. The van der Waals surface area contributed by atoms with Crippen LogP contribution in [0.5, 0.6) is 0 Å². The van der Waals surface area contributed by atoms with Gasteiger partial charge in [0.2, 0.25) is 5.91 Å². The number of benzene rings is 1. The molecule has 3 aromatic rings. The van der Waals surface area contributed by atoms with Crippen molar-refractivity contribution in [1.29, 1.82) is 0 Å². The first-order chi connectivity index (χ1) is 14.9. The summed E-state index contributed by atoms with van der Waals surface area (Å²) in [5.41, 5.74) is 3.99. The van der Waals surface area contributed by atoms with Crippen LogP contribution in [0.3, 0.4) is 0 Å². The van der Waals surface area contributed by atoms with Crippen molar-refractivity contribution in [2.24, 2.45) is 0 Å². The molecule has 3 heterocycles. The van der Waals surface area contributed by atoms with Gasteiger partial charge in [-0.05, 0) is 64.8 Å². The van der Waals surface area contributed by atoms with E-state index in [0.717, 1.165) is 48.4 Å². The Bertz CT molecular complexity index is 1080. The predicted molar refractivity (Wildman–Crippen MR) is 116 cm³/mol. The number of carbonyl (C=O) groups excluding carboxylic acids is 1. The summed E-state index contributed by atoms with van der Waals surface area (Å²) in [7, 11) is 0. The number of halogens is 1. The summed E-state index contributed by atoms with van der Waals surface area (Å²) in [5, 5.41) is 13.3. The van der Waals surface area contributed by atoms with Gasteiger partial charge in [0, 0.05) is 43.0 Å². The lowest BCUT2D eigenvalue weighted by atomic mass is 9.96. The number of likely N-dealkylation sites (N-methyl/N-ethyl adjacent to an activating group) is 1. The third kappa shape index (κ3) is 3.86. The maximum Gasteiger partial charge on any atom is 0.233 e. The van der Waals surface area contributed by atoms with E-state index in [-0.39, 0.29) is 17.6 Å². The summed E-state index contributed by atoms with van der Waals surface area (Å²) in [5.74, 6) is 0.853. The SMILES string of the molecule is CCN(Cc1c(C)nn(CC)c1C)C(=O)C1CCCn2c(-c3ccc(F)cc3)nnc21. The zero-order valence-corrected chi connectivity index (χ0v) is 18.6. The van der Waals surface area contributed by atoms with Gasteiger partial charge in [-0.25, -0.2) is 4.39 Å². The fourth-order valence-corrected chi connectivity index (χ4v) is 4.45. The highest BCUT2D eigenvalue weighted by molar-refractivity contribution is 5.83. The second-order valence-electron chi connectivity index (χ2n) is 8.05. The van der Waals surface area contributed by atoms with Gasteiger partial charge in [-0.3, -0.25) is 9.48 Å². The molecule has 1 aliphatic rings. The first kappa shape index (κ1) is 21.2. The van der Waals surface area contributed by atoms with E-state index in [1.54, 1.807) is 12.1 Å². The lowest BCUT2D eigenvalue weighted by molar-refractivity contribution is -0.134. The Morgan fingerprint density at radius 2 is 1.94 bits per heavy atom. The average molecular weight is 425 g/mol. The Morgan fingerprint density at radius 1 is 1.19 bits per heavy atom. The molecular weight excluding hydrogens is 395 g/mol. The third-order valence-corrected chi connectivity index (χ3v) is 6.24. The first-order valence-corrected chi connectivity index (χ1v) is 10.9. The molecule has 2 aromatic heterocycles. The van der Waals surface area contributed by atoms with E-state index in [0.29, 0.717) is 24.7 Å². The number of aromatic nitrogens is 5. The number of rotatable bonds is 6. The highest BCUT2D eigenvalue weighted by atomic mass is 19.1. The molecule has 1 aliphatic heterocycles. The van der Waals surface area contributed by atoms with Crippen LogP contribution >= 0.6 is 0 Å². The molecule has 1 amide bonds. The lowest BCUT2D eigenvalue weighted by Crippen LogP contribution is -2.37. The zero-order valence-electron chi connectivity index (χ0n) is 18.6. The van der Waals surface area contributed by atoms with Crippen molar-refractivity contribution < 1.29 is 9.18 Å². The average Bonchev–Trinajstić information content (AvgIpc) is 3.33. The van der Waals surface area contributed by atoms with Gasteiger partial charge in [-0.15, -0.1) is 10.2 Å². The van der Waals surface area contributed by atoms with E-state index in [1.165, 1.54) is 12.1 Å². The molecule has 31 heavy (non-hydrogen) atoms. The molecule has 1 atom stereocenters. The number of hydrogen-bond acceptors (Lipinski definition) is 4. The van der Waals surface area contributed by atoms with E-state index < -0.39 is 0 Å². The molecule has 0 saturated heterocycles. The van der Waals surface area contributed by atoms with Crippen LogP contribution in [-0.4, -0.2) is 41.9 Å². The number of amides is 1. The molecule has 0 N–H and O–H groups in total. The van der Waals surface area contributed by atoms with E-state index >= 15 is 0 Å². The number of fused-ring (bicyclic) bond motifs is 1. The van der Waals surface area contributed by atoms with Gasteiger partial charge < -0.3 is 9.47 Å². The Hall–Kier alpha value is -3.03. The van der Waals surface area contributed by atoms with Gasteiger partial charge in [0.05, 0.1) is 11.6 Å². The Labute approximate surface area is 181 Å². The van der Waals surface area contributed by atoms with Gasteiger partial charge in [0.25, 0.3) is 0 Å². The first-order valence-electron chi connectivity index (χ1n) is 10.9. The Balaban J connectivity index is 1.61. The van der Waals surface area contributed by atoms with Gasteiger partial charge in [-0.2, -0.15) is 5.10 Å². The van der Waals surface area contributed by atoms with Crippen LogP contribution in [0.15, 0.2) is 24.3 Å². The molecule has 0 bridgehead atoms. The van der Waals surface area contributed by atoms with Gasteiger partial charge in [0.1, 0.15) is 11.6 Å². The predicted octanol–water partition coefficient (Wildman–Crippen LogP) is 3.84. The number of aryl methyl sites for hydroxylation is 2. The minimum atomic E-state index is -0.322. The quantitative estimate of drug-likeness (QED) is 0.603. The van der Waals surface area contributed by atoms with E-state index in [4.69, 9.17) is 0 Å². The second-order valence-corrected chi connectivity index (χ2v) is 8.05. The van der Waals surface area contributed by atoms with Crippen molar-refractivity contribution in [3.63, 3.8) is 0 Å². The van der Waals surface area contributed by atoms with E-state index in [9.17, 15) is 9.18 Å². The van der Waals surface area contributed by atoms with Crippen LogP contribution in [0.4, 0.5) is 4.39 Å². The molecule has 1 unspecified atom stereocenters. The molecule has 0 fully saturated rings. The van der Waals surface area contributed by atoms with Gasteiger partial charge in [-0.1, -0.05) is 0 Å². The minimum Gasteiger partial charge on any atom is -0.338 e. The molecule has 7 nitrogen and oxygen atoms in total. The maximum atomic E-state index is 13.6. The number of carbonyl (C=O) groups is 1. The zero-order chi connectivity index (χ0) is 22.1. The maximum absolute atomic E-state index is 13.6. The molecule has 0 spiro atoms. The molecule has 8 heteroatoms. The summed E-state index contributed by atoms with van der Waals surface area (Å²) in [4.78, 5) is 15.4. The number of nitrogens with zero attached hydrogens (tertiary/aromatic N) is 6. The van der Waals surface area contributed by atoms with Crippen LogP contribution < -0.4 is 0 Å². The summed E-state index contributed by atoms with van der Waals surface area (Å²) in [6, 6.07) is 6.24. The fourth-order valence-electron chi connectivity index (χ4n) is 4.45. The summed E-state index contributed by atoms with van der Waals surface area (Å²) in [6.45, 7) is 10.9. The van der Waals surface area contributed by atoms with E-state index in [2.05, 4.69) is 29.1 Å².